The lowest BCUT2D eigenvalue weighted by molar-refractivity contribution is -0.136. The second-order valence-corrected chi connectivity index (χ2v) is 6.70. The largest absolute Gasteiger partial charge is 0.495 e. The average molecular weight is 417 g/mol. The molecule has 0 unspecified atom stereocenters. The van der Waals surface area contributed by atoms with Crippen LogP contribution in [0.25, 0.3) is 0 Å². The van der Waals surface area contributed by atoms with Crippen LogP contribution < -0.4 is 20.2 Å². The van der Waals surface area contributed by atoms with Gasteiger partial charge in [0.2, 0.25) is 0 Å². The van der Waals surface area contributed by atoms with Gasteiger partial charge in [-0.05, 0) is 54.4 Å². The van der Waals surface area contributed by atoms with Gasteiger partial charge in [0.1, 0.15) is 18.1 Å². The van der Waals surface area contributed by atoms with Gasteiger partial charge in [0.05, 0.1) is 19.0 Å². The summed E-state index contributed by atoms with van der Waals surface area (Å²) < 4.78 is 10.9. The van der Waals surface area contributed by atoms with Crippen LogP contribution in [0.1, 0.15) is 16.7 Å². The van der Waals surface area contributed by atoms with E-state index < -0.39 is 11.8 Å². The van der Waals surface area contributed by atoms with E-state index in [9.17, 15) is 9.59 Å². The summed E-state index contributed by atoms with van der Waals surface area (Å²) in [7, 11) is 1.48. The number of nitrogens with one attached hydrogen (secondary N) is 2. The molecule has 7 nitrogen and oxygen atoms in total. The van der Waals surface area contributed by atoms with Crippen molar-refractivity contribution in [2.75, 3.05) is 12.4 Å². The molecule has 0 aliphatic heterocycles. The van der Waals surface area contributed by atoms with Crippen LogP contribution in [0, 0.1) is 6.92 Å². The lowest BCUT2D eigenvalue weighted by Crippen LogP contribution is -2.32. The molecule has 0 fully saturated rings. The van der Waals surface area contributed by atoms with Crippen molar-refractivity contribution in [3.63, 3.8) is 0 Å². The fraction of sp³-hybridized carbons (Fsp3) is 0.125. The summed E-state index contributed by atoms with van der Waals surface area (Å²) in [6.07, 6.45) is 1.44. The summed E-state index contributed by atoms with van der Waals surface area (Å²) in [5, 5.41) is 6.30. The summed E-state index contributed by atoms with van der Waals surface area (Å²) in [5.74, 6) is -0.559. The van der Waals surface area contributed by atoms with E-state index in [1.54, 1.807) is 36.4 Å². The van der Waals surface area contributed by atoms with Crippen LogP contribution in [0.2, 0.25) is 0 Å². The Morgan fingerprint density at radius 1 is 0.935 bits per heavy atom. The molecule has 0 saturated heterocycles. The highest BCUT2D eigenvalue weighted by Crippen LogP contribution is 2.22. The van der Waals surface area contributed by atoms with Crippen LogP contribution in [0.15, 0.2) is 77.9 Å². The number of carbonyl (C=O) groups is 2. The van der Waals surface area contributed by atoms with Crippen molar-refractivity contribution >= 4 is 23.7 Å². The second kappa shape index (κ2) is 10.6. The van der Waals surface area contributed by atoms with Crippen LogP contribution in [0.3, 0.4) is 0 Å². The predicted molar refractivity (Wildman–Crippen MR) is 119 cm³/mol. The van der Waals surface area contributed by atoms with Crippen LogP contribution in [0.5, 0.6) is 11.5 Å². The van der Waals surface area contributed by atoms with E-state index in [1.165, 1.54) is 18.9 Å². The molecular weight excluding hydrogens is 394 g/mol. The number of benzene rings is 3. The Morgan fingerprint density at radius 2 is 1.65 bits per heavy atom. The number of methoxy groups -OCH3 is 1. The third kappa shape index (κ3) is 6.43. The Bertz CT molecular complexity index is 1060. The molecule has 0 saturated carbocycles. The molecule has 3 aromatic carbocycles. The molecule has 2 N–H and O–H groups in total. The highest BCUT2D eigenvalue weighted by molar-refractivity contribution is 6.39. The molecule has 0 atom stereocenters. The summed E-state index contributed by atoms with van der Waals surface area (Å²) in [4.78, 5) is 23.9. The lowest BCUT2D eigenvalue weighted by atomic mass is 10.2. The number of amides is 2. The van der Waals surface area contributed by atoms with E-state index in [0.29, 0.717) is 18.0 Å². The van der Waals surface area contributed by atoms with Gasteiger partial charge in [-0.25, -0.2) is 5.43 Å². The first-order valence-electron chi connectivity index (χ1n) is 9.61. The summed E-state index contributed by atoms with van der Waals surface area (Å²) in [6, 6.07) is 22.2. The predicted octanol–water partition coefficient (Wildman–Crippen LogP) is 3.67. The Hall–Kier alpha value is -4.13. The zero-order valence-electron chi connectivity index (χ0n) is 17.3. The molecule has 0 aromatic heterocycles. The molecule has 7 heteroatoms. The van der Waals surface area contributed by atoms with E-state index in [-0.39, 0.29) is 0 Å². The highest BCUT2D eigenvalue weighted by Gasteiger charge is 2.14. The van der Waals surface area contributed by atoms with Gasteiger partial charge in [0, 0.05) is 0 Å². The minimum Gasteiger partial charge on any atom is -0.495 e. The Morgan fingerprint density at radius 3 is 2.35 bits per heavy atom. The standard InChI is InChI=1S/C24H23N3O4/c1-17-7-9-19(10-8-17)16-31-20-13-11-18(12-14-20)15-25-27-24(29)23(28)26-21-5-3-4-6-22(21)30-2/h3-15H,16H2,1-2H3,(H,26,28)(H,27,29)/b25-15-. The lowest BCUT2D eigenvalue weighted by Gasteiger charge is -2.08. The van der Waals surface area contributed by atoms with E-state index in [0.717, 1.165) is 16.9 Å². The molecule has 0 aliphatic carbocycles. The van der Waals surface area contributed by atoms with Gasteiger partial charge in [0.25, 0.3) is 0 Å². The first-order valence-corrected chi connectivity index (χ1v) is 9.61. The van der Waals surface area contributed by atoms with Crippen molar-refractivity contribution in [3.05, 3.63) is 89.5 Å². The molecular formula is C24H23N3O4. The number of ether oxygens (including phenoxy) is 2. The zero-order valence-corrected chi connectivity index (χ0v) is 17.3. The molecule has 31 heavy (non-hydrogen) atoms. The number of hydrogen-bond acceptors (Lipinski definition) is 5. The summed E-state index contributed by atoms with van der Waals surface area (Å²) in [5.41, 5.74) is 5.64. The number of anilines is 1. The highest BCUT2D eigenvalue weighted by atomic mass is 16.5. The first kappa shape index (κ1) is 21.6. The molecule has 0 bridgehead atoms. The maximum Gasteiger partial charge on any atom is 0.329 e. The third-order valence-electron chi connectivity index (χ3n) is 4.35. The van der Waals surface area contributed by atoms with E-state index in [2.05, 4.69) is 15.8 Å². The van der Waals surface area contributed by atoms with Crippen LogP contribution in [-0.2, 0) is 16.2 Å². The van der Waals surface area contributed by atoms with Gasteiger partial charge in [-0.3, -0.25) is 9.59 Å². The number of para-hydroxylation sites is 2. The molecule has 0 heterocycles. The minimum absolute atomic E-state index is 0.398. The molecule has 2 amide bonds. The number of nitrogens with zero attached hydrogens (tertiary/aromatic N) is 1. The van der Waals surface area contributed by atoms with Crippen molar-refractivity contribution in [3.8, 4) is 11.5 Å². The normalized spacial score (nSPS) is 10.5. The SMILES string of the molecule is COc1ccccc1NC(=O)C(=O)N/N=C\c1ccc(OCc2ccc(C)cc2)cc1. The van der Waals surface area contributed by atoms with Gasteiger partial charge in [-0.15, -0.1) is 0 Å². The van der Waals surface area contributed by atoms with Gasteiger partial charge in [0.15, 0.2) is 0 Å². The number of aryl methyl sites for hydroxylation is 1. The molecule has 0 aliphatic rings. The van der Waals surface area contributed by atoms with Crippen LogP contribution in [0.4, 0.5) is 5.69 Å². The molecule has 3 aromatic rings. The van der Waals surface area contributed by atoms with E-state index >= 15 is 0 Å². The van der Waals surface area contributed by atoms with Gasteiger partial charge in [-0.2, -0.15) is 5.10 Å². The van der Waals surface area contributed by atoms with Crippen molar-refractivity contribution in [1.29, 1.82) is 0 Å². The maximum absolute atomic E-state index is 12.0. The minimum atomic E-state index is -0.889. The molecule has 0 radical (unpaired) electrons. The van der Waals surface area contributed by atoms with Crippen molar-refractivity contribution in [1.82, 2.24) is 5.43 Å². The van der Waals surface area contributed by atoms with E-state index in [4.69, 9.17) is 9.47 Å². The van der Waals surface area contributed by atoms with Gasteiger partial charge < -0.3 is 14.8 Å². The molecule has 3 rings (SSSR count). The van der Waals surface area contributed by atoms with Crippen molar-refractivity contribution in [2.24, 2.45) is 5.10 Å². The smallest absolute Gasteiger partial charge is 0.329 e. The zero-order chi connectivity index (χ0) is 22.1. The Kier molecular flexibility index (Phi) is 7.37. The van der Waals surface area contributed by atoms with Gasteiger partial charge >= 0.3 is 11.8 Å². The van der Waals surface area contributed by atoms with Crippen molar-refractivity contribution < 1.29 is 19.1 Å². The number of carbonyl (C=O) groups excluding carboxylic acids is 2. The average Bonchev–Trinajstić information content (AvgIpc) is 2.80. The fourth-order valence-corrected chi connectivity index (χ4v) is 2.64. The summed E-state index contributed by atoms with van der Waals surface area (Å²) >= 11 is 0. The molecule has 158 valence electrons. The van der Waals surface area contributed by atoms with Crippen LogP contribution >= 0.6 is 0 Å². The molecule has 0 spiro atoms. The Balaban J connectivity index is 1.48. The second-order valence-electron chi connectivity index (χ2n) is 6.70. The monoisotopic (exact) mass is 417 g/mol. The van der Waals surface area contributed by atoms with E-state index in [1.807, 2.05) is 43.3 Å². The third-order valence-corrected chi connectivity index (χ3v) is 4.35. The first-order chi connectivity index (χ1) is 15.0. The van der Waals surface area contributed by atoms with Crippen LogP contribution in [-0.4, -0.2) is 25.1 Å². The number of hydrogen-bond donors (Lipinski definition) is 2. The fourth-order valence-electron chi connectivity index (χ4n) is 2.64. The quantitative estimate of drug-likeness (QED) is 0.349. The topological polar surface area (TPSA) is 89.0 Å². The Labute approximate surface area is 180 Å². The van der Waals surface area contributed by atoms with Crippen molar-refractivity contribution in [2.45, 2.75) is 13.5 Å². The summed E-state index contributed by atoms with van der Waals surface area (Å²) in [6.45, 7) is 2.52. The number of rotatable bonds is 7. The van der Waals surface area contributed by atoms with Gasteiger partial charge in [-0.1, -0.05) is 42.0 Å². The maximum atomic E-state index is 12.0. The number of hydrazone groups is 1.